The third kappa shape index (κ3) is 1.64. The Balaban J connectivity index is 2.36. The quantitative estimate of drug-likeness (QED) is 0.811. The second kappa shape index (κ2) is 4.11. The summed E-state index contributed by atoms with van der Waals surface area (Å²) in [5.41, 5.74) is 4.62. The first kappa shape index (κ1) is 10.7. The van der Waals surface area contributed by atoms with Crippen molar-refractivity contribution in [2.24, 2.45) is 0 Å². The Morgan fingerprint density at radius 2 is 2.18 bits per heavy atom. The van der Waals surface area contributed by atoms with Crippen molar-refractivity contribution in [2.75, 3.05) is 0 Å². The molecular weight excluding hydrogens is 210 g/mol. The number of pyridine rings is 1. The minimum absolute atomic E-state index is 0.367. The highest BCUT2D eigenvalue weighted by Crippen LogP contribution is 2.34. The van der Waals surface area contributed by atoms with Crippen LogP contribution in [-0.4, -0.2) is 10.1 Å². The van der Waals surface area contributed by atoms with E-state index in [1.54, 1.807) is 0 Å². The average molecular weight is 227 g/mol. The van der Waals surface area contributed by atoms with Gasteiger partial charge in [-0.25, -0.2) is 4.98 Å². The van der Waals surface area contributed by atoms with Crippen LogP contribution in [0.5, 0.6) is 0 Å². The molecule has 0 radical (unpaired) electrons. The normalized spacial score (nSPS) is 19.3. The molecular formula is C15H17NO. The topological polar surface area (TPSA) is 33.1 Å². The fourth-order valence-corrected chi connectivity index (χ4v) is 2.91. The van der Waals surface area contributed by atoms with Gasteiger partial charge in [-0.1, -0.05) is 25.1 Å². The molecule has 88 valence electrons. The molecule has 1 heterocycles. The van der Waals surface area contributed by atoms with Crippen LogP contribution in [0.4, 0.5) is 0 Å². The lowest BCUT2D eigenvalue weighted by atomic mass is 9.87. The molecule has 3 rings (SSSR count). The number of rotatable bonds is 1. The molecule has 1 aliphatic rings. The average Bonchev–Trinajstić information content (AvgIpc) is 2.37. The first-order valence-corrected chi connectivity index (χ1v) is 6.39. The largest absolute Gasteiger partial charge is 0.387 e. The van der Waals surface area contributed by atoms with Crippen molar-refractivity contribution in [1.29, 1.82) is 0 Å². The Morgan fingerprint density at radius 1 is 1.35 bits per heavy atom. The Morgan fingerprint density at radius 3 is 3.00 bits per heavy atom. The molecule has 1 aromatic carbocycles. The maximum absolute atomic E-state index is 10.1. The fourth-order valence-electron chi connectivity index (χ4n) is 2.91. The lowest BCUT2D eigenvalue weighted by Gasteiger charge is -2.24. The van der Waals surface area contributed by atoms with Crippen molar-refractivity contribution >= 4 is 10.9 Å². The highest BCUT2D eigenvalue weighted by molar-refractivity contribution is 5.83. The highest BCUT2D eigenvalue weighted by Gasteiger charge is 2.23. The first-order valence-electron chi connectivity index (χ1n) is 6.39. The molecule has 17 heavy (non-hydrogen) atoms. The number of hydrogen-bond acceptors (Lipinski definition) is 2. The number of aliphatic hydroxyl groups is 1. The van der Waals surface area contributed by atoms with E-state index in [1.807, 2.05) is 12.1 Å². The van der Waals surface area contributed by atoms with Crippen LogP contribution < -0.4 is 0 Å². The van der Waals surface area contributed by atoms with Crippen LogP contribution in [0.1, 0.15) is 42.7 Å². The van der Waals surface area contributed by atoms with Gasteiger partial charge in [-0.05, 0) is 42.9 Å². The molecule has 0 bridgehead atoms. The summed E-state index contributed by atoms with van der Waals surface area (Å²) in [6.07, 6.45) is 3.63. The molecule has 2 nitrogen and oxygen atoms in total. The van der Waals surface area contributed by atoms with Gasteiger partial charge in [-0.2, -0.15) is 0 Å². The molecule has 0 aliphatic heterocycles. The van der Waals surface area contributed by atoms with Crippen LogP contribution in [0.3, 0.4) is 0 Å². The van der Waals surface area contributed by atoms with Crippen LogP contribution in [0.15, 0.2) is 24.3 Å². The highest BCUT2D eigenvalue weighted by atomic mass is 16.3. The van der Waals surface area contributed by atoms with Gasteiger partial charge < -0.3 is 5.11 Å². The van der Waals surface area contributed by atoms with Gasteiger partial charge in [0.2, 0.25) is 0 Å². The summed E-state index contributed by atoms with van der Waals surface area (Å²) in [6.45, 7) is 2.18. The minimum atomic E-state index is -0.367. The number of aromatic nitrogens is 1. The van der Waals surface area contributed by atoms with Gasteiger partial charge in [0.15, 0.2) is 0 Å². The molecule has 0 saturated heterocycles. The van der Waals surface area contributed by atoms with Gasteiger partial charge in [-0.3, -0.25) is 0 Å². The van der Waals surface area contributed by atoms with E-state index in [-0.39, 0.29) is 6.10 Å². The zero-order chi connectivity index (χ0) is 11.8. The summed E-state index contributed by atoms with van der Waals surface area (Å²) in [4.78, 5) is 4.66. The van der Waals surface area contributed by atoms with Gasteiger partial charge in [-0.15, -0.1) is 0 Å². The van der Waals surface area contributed by atoms with E-state index in [0.29, 0.717) is 0 Å². The molecule has 0 fully saturated rings. The standard InChI is InChI=1S/C15H17NO/c1-2-10-11-6-3-4-8-13(11)16-15-12(10)7-5-9-14(15)17/h3-4,6,8,14,17H,2,5,7,9H2,1H3. The molecule has 0 amide bonds. The van der Waals surface area contributed by atoms with Crippen molar-refractivity contribution in [1.82, 2.24) is 4.98 Å². The third-order valence-electron chi connectivity index (χ3n) is 3.72. The molecule has 2 aromatic rings. The Bertz CT molecular complexity index is 562. The maximum Gasteiger partial charge on any atom is 0.0963 e. The summed E-state index contributed by atoms with van der Waals surface area (Å²) in [6, 6.07) is 8.25. The van der Waals surface area contributed by atoms with E-state index in [9.17, 15) is 5.11 Å². The molecule has 1 aliphatic carbocycles. The molecule has 2 heteroatoms. The monoisotopic (exact) mass is 227 g/mol. The van der Waals surface area contributed by atoms with Gasteiger partial charge in [0.05, 0.1) is 17.3 Å². The van der Waals surface area contributed by atoms with Crippen molar-refractivity contribution in [3.63, 3.8) is 0 Å². The molecule has 1 unspecified atom stereocenters. The Hall–Kier alpha value is -1.41. The number of nitrogens with zero attached hydrogens (tertiary/aromatic N) is 1. The number of para-hydroxylation sites is 1. The van der Waals surface area contributed by atoms with Crippen LogP contribution in [-0.2, 0) is 12.8 Å². The van der Waals surface area contributed by atoms with E-state index in [4.69, 9.17) is 0 Å². The number of hydrogen-bond donors (Lipinski definition) is 1. The molecule has 1 N–H and O–H groups in total. The van der Waals surface area contributed by atoms with Crippen molar-refractivity contribution in [3.8, 4) is 0 Å². The summed E-state index contributed by atoms with van der Waals surface area (Å²) < 4.78 is 0. The predicted molar refractivity (Wildman–Crippen MR) is 69.0 cm³/mol. The van der Waals surface area contributed by atoms with Crippen LogP contribution in [0.25, 0.3) is 10.9 Å². The number of benzene rings is 1. The van der Waals surface area contributed by atoms with Crippen LogP contribution in [0, 0.1) is 0 Å². The number of aliphatic hydroxyl groups excluding tert-OH is 1. The smallest absolute Gasteiger partial charge is 0.0963 e. The van der Waals surface area contributed by atoms with Gasteiger partial charge in [0.25, 0.3) is 0 Å². The van der Waals surface area contributed by atoms with E-state index >= 15 is 0 Å². The van der Waals surface area contributed by atoms with Gasteiger partial charge in [0, 0.05) is 5.39 Å². The van der Waals surface area contributed by atoms with Crippen molar-refractivity contribution < 1.29 is 5.11 Å². The summed E-state index contributed by atoms with van der Waals surface area (Å²) in [5.74, 6) is 0. The summed E-state index contributed by atoms with van der Waals surface area (Å²) in [7, 11) is 0. The molecule has 0 saturated carbocycles. The van der Waals surface area contributed by atoms with E-state index < -0.39 is 0 Å². The van der Waals surface area contributed by atoms with Crippen molar-refractivity contribution in [2.45, 2.75) is 38.7 Å². The van der Waals surface area contributed by atoms with Gasteiger partial charge in [0.1, 0.15) is 0 Å². The molecule has 0 spiro atoms. The second-order valence-electron chi connectivity index (χ2n) is 4.73. The van der Waals surface area contributed by atoms with Crippen LogP contribution in [0.2, 0.25) is 0 Å². The lowest BCUT2D eigenvalue weighted by molar-refractivity contribution is 0.151. The summed E-state index contributed by atoms with van der Waals surface area (Å²) in [5, 5.41) is 11.3. The fraction of sp³-hybridized carbons (Fsp3) is 0.400. The lowest BCUT2D eigenvalue weighted by Crippen LogP contribution is -2.14. The zero-order valence-electron chi connectivity index (χ0n) is 10.1. The second-order valence-corrected chi connectivity index (χ2v) is 4.73. The summed E-state index contributed by atoms with van der Waals surface area (Å²) >= 11 is 0. The van der Waals surface area contributed by atoms with E-state index in [0.717, 1.165) is 36.9 Å². The predicted octanol–water partition coefficient (Wildman–Crippen LogP) is 3.17. The minimum Gasteiger partial charge on any atom is -0.387 e. The van der Waals surface area contributed by atoms with E-state index in [2.05, 4.69) is 24.0 Å². The third-order valence-corrected chi connectivity index (χ3v) is 3.72. The number of aryl methyl sites for hydroxylation is 1. The van der Waals surface area contributed by atoms with Crippen LogP contribution >= 0.6 is 0 Å². The Kier molecular flexibility index (Phi) is 2.60. The number of fused-ring (bicyclic) bond motifs is 2. The van der Waals surface area contributed by atoms with Crippen molar-refractivity contribution in [3.05, 3.63) is 41.1 Å². The SMILES string of the molecule is CCc1c2c(nc3ccccc13)C(O)CCC2. The first-order chi connectivity index (χ1) is 8.31. The van der Waals surface area contributed by atoms with Gasteiger partial charge >= 0.3 is 0 Å². The maximum atomic E-state index is 10.1. The molecule has 1 atom stereocenters. The Labute approximate surface area is 101 Å². The van der Waals surface area contributed by atoms with E-state index in [1.165, 1.54) is 16.5 Å². The zero-order valence-corrected chi connectivity index (χ0v) is 10.1. The molecule has 1 aromatic heterocycles.